The first-order valence-electron chi connectivity index (χ1n) is 8.82. The molecule has 0 radical (unpaired) electrons. The number of hydrogen-bond donors (Lipinski definition) is 0. The molecule has 26 heavy (non-hydrogen) atoms. The molecule has 0 aliphatic carbocycles. The first-order valence-corrected chi connectivity index (χ1v) is 8.82. The fraction of sp³-hybridized carbons (Fsp3) is 0.421. The molecule has 2 aromatic rings. The molecule has 2 aliphatic rings. The molecule has 2 atom stereocenters. The van der Waals surface area contributed by atoms with Gasteiger partial charge in [0.15, 0.2) is 0 Å². The molecule has 0 saturated carbocycles. The first kappa shape index (κ1) is 16.8. The molecule has 0 unspecified atom stereocenters. The maximum absolute atomic E-state index is 12.6. The smallest absolute Gasteiger partial charge is 0.249 e. The number of aromatic nitrogens is 2. The van der Waals surface area contributed by atoms with Gasteiger partial charge in [-0.15, -0.1) is 0 Å². The van der Waals surface area contributed by atoms with Crippen molar-refractivity contribution in [3.05, 3.63) is 53.9 Å². The molecule has 1 aromatic carbocycles. The van der Waals surface area contributed by atoms with Crippen LogP contribution >= 0.6 is 0 Å². The lowest BCUT2D eigenvalue weighted by molar-refractivity contribution is -0.153. The van der Waals surface area contributed by atoms with Gasteiger partial charge in [-0.2, -0.15) is 5.10 Å². The fourth-order valence-corrected chi connectivity index (χ4v) is 3.65. The highest BCUT2D eigenvalue weighted by Gasteiger charge is 2.44. The molecule has 4 rings (SSSR count). The Morgan fingerprint density at radius 3 is 2.81 bits per heavy atom. The van der Waals surface area contributed by atoms with Crippen LogP contribution in [0.4, 0.5) is 0 Å². The summed E-state index contributed by atoms with van der Waals surface area (Å²) in [5.74, 6) is -0.0229. The Kier molecular flexibility index (Phi) is 4.46. The van der Waals surface area contributed by atoms with Gasteiger partial charge in [0.1, 0.15) is 13.2 Å². The number of ether oxygens (including phenoxy) is 1. The van der Waals surface area contributed by atoms with Crippen molar-refractivity contribution in [2.75, 3.05) is 19.7 Å². The average Bonchev–Trinajstić information content (AvgIpc) is 3.25. The van der Waals surface area contributed by atoms with Gasteiger partial charge in [-0.25, -0.2) is 0 Å². The molecule has 1 aromatic heterocycles. The Balaban J connectivity index is 1.45. The van der Waals surface area contributed by atoms with E-state index in [0.717, 1.165) is 11.1 Å². The van der Waals surface area contributed by atoms with Crippen molar-refractivity contribution in [3.63, 3.8) is 0 Å². The molecule has 2 fully saturated rings. The predicted molar refractivity (Wildman–Crippen MR) is 94.1 cm³/mol. The highest BCUT2D eigenvalue weighted by molar-refractivity contribution is 5.80. The van der Waals surface area contributed by atoms with Crippen LogP contribution in [0.5, 0.6) is 0 Å². The summed E-state index contributed by atoms with van der Waals surface area (Å²) in [5.41, 5.74) is 2.11. The van der Waals surface area contributed by atoms with Crippen molar-refractivity contribution >= 4 is 11.8 Å². The second-order valence-electron chi connectivity index (χ2n) is 6.94. The molecule has 0 N–H and O–H groups in total. The summed E-state index contributed by atoms with van der Waals surface area (Å²) in [5, 5.41) is 4.17. The summed E-state index contributed by atoms with van der Waals surface area (Å²) in [6, 6.07) is 9.81. The lowest BCUT2D eigenvalue weighted by Crippen LogP contribution is -2.53. The number of carbonyl (C=O) groups excluding carboxylic acids is 2. The van der Waals surface area contributed by atoms with Gasteiger partial charge in [0.05, 0.1) is 18.3 Å². The molecular weight excluding hydrogens is 332 g/mol. The lowest BCUT2D eigenvalue weighted by atomic mass is 10.1. The van der Waals surface area contributed by atoms with Gasteiger partial charge in [0.25, 0.3) is 0 Å². The van der Waals surface area contributed by atoms with Crippen molar-refractivity contribution in [2.24, 2.45) is 0 Å². The number of fused-ring (bicyclic) bond motifs is 1. The van der Waals surface area contributed by atoms with Gasteiger partial charge in [0, 0.05) is 25.8 Å². The zero-order valence-electron chi connectivity index (χ0n) is 14.7. The zero-order valence-corrected chi connectivity index (χ0v) is 14.7. The average molecular weight is 354 g/mol. The van der Waals surface area contributed by atoms with E-state index in [0.29, 0.717) is 19.6 Å². The second-order valence-corrected chi connectivity index (χ2v) is 6.94. The van der Waals surface area contributed by atoms with Crippen LogP contribution in [-0.4, -0.2) is 63.2 Å². The molecule has 0 bridgehead atoms. The Labute approximate surface area is 152 Å². The molecule has 2 saturated heterocycles. The lowest BCUT2D eigenvalue weighted by Gasteiger charge is -2.36. The van der Waals surface area contributed by atoms with E-state index in [1.165, 1.54) is 0 Å². The van der Waals surface area contributed by atoms with Crippen molar-refractivity contribution in [1.82, 2.24) is 19.6 Å². The third-order valence-corrected chi connectivity index (χ3v) is 4.99. The molecular formula is C19H22N4O3. The SMILES string of the molecule is Cc1cnn(CC(=O)N2C[C@@H]3OCC(=O)N(Cc4ccccc4)[C@H]3C2)c1. The van der Waals surface area contributed by atoms with E-state index < -0.39 is 0 Å². The molecule has 136 valence electrons. The van der Waals surface area contributed by atoms with Crippen molar-refractivity contribution in [3.8, 4) is 0 Å². The van der Waals surface area contributed by atoms with Gasteiger partial charge >= 0.3 is 0 Å². The van der Waals surface area contributed by atoms with E-state index in [-0.39, 0.29) is 37.1 Å². The number of likely N-dealkylation sites (tertiary alicyclic amines) is 1. The molecule has 0 spiro atoms. The van der Waals surface area contributed by atoms with Crippen molar-refractivity contribution < 1.29 is 14.3 Å². The number of carbonyl (C=O) groups is 2. The number of amides is 2. The zero-order chi connectivity index (χ0) is 18.1. The third kappa shape index (κ3) is 3.35. The summed E-state index contributed by atoms with van der Waals surface area (Å²) in [4.78, 5) is 28.7. The number of benzene rings is 1. The van der Waals surface area contributed by atoms with E-state index in [4.69, 9.17) is 4.74 Å². The minimum absolute atomic E-state index is 0.00166. The normalized spacial score (nSPS) is 22.6. The Bertz CT molecular complexity index is 804. The Morgan fingerprint density at radius 1 is 1.27 bits per heavy atom. The monoisotopic (exact) mass is 354 g/mol. The Hall–Kier alpha value is -2.67. The molecule has 7 nitrogen and oxygen atoms in total. The van der Waals surface area contributed by atoms with E-state index in [2.05, 4.69) is 5.10 Å². The minimum atomic E-state index is -0.125. The molecule has 3 heterocycles. The largest absolute Gasteiger partial charge is 0.364 e. The molecule has 2 aliphatic heterocycles. The van der Waals surface area contributed by atoms with Gasteiger partial charge in [-0.3, -0.25) is 14.3 Å². The van der Waals surface area contributed by atoms with Crippen LogP contribution in [0.15, 0.2) is 42.7 Å². The second kappa shape index (κ2) is 6.92. The number of aryl methyl sites for hydroxylation is 1. The molecule has 2 amide bonds. The van der Waals surface area contributed by atoms with Crippen LogP contribution in [0.2, 0.25) is 0 Å². The summed E-state index contributed by atoms with van der Waals surface area (Å²) in [6.07, 6.45) is 3.46. The van der Waals surface area contributed by atoms with Crippen LogP contribution in [0.3, 0.4) is 0 Å². The topological polar surface area (TPSA) is 67.7 Å². The van der Waals surface area contributed by atoms with Crippen LogP contribution < -0.4 is 0 Å². The van der Waals surface area contributed by atoms with E-state index >= 15 is 0 Å². The van der Waals surface area contributed by atoms with Crippen molar-refractivity contribution in [1.29, 1.82) is 0 Å². The maximum Gasteiger partial charge on any atom is 0.249 e. The molecule has 7 heteroatoms. The first-order chi connectivity index (χ1) is 12.6. The van der Waals surface area contributed by atoms with Crippen LogP contribution in [-0.2, 0) is 27.4 Å². The van der Waals surface area contributed by atoms with E-state index in [9.17, 15) is 9.59 Å². The quantitative estimate of drug-likeness (QED) is 0.816. The van der Waals surface area contributed by atoms with Gasteiger partial charge < -0.3 is 14.5 Å². The summed E-state index contributed by atoms with van der Waals surface area (Å²) in [6.45, 7) is 3.79. The van der Waals surface area contributed by atoms with E-state index in [1.807, 2.05) is 48.4 Å². The minimum Gasteiger partial charge on any atom is -0.364 e. The Morgan fingerprint density at radius 2 is 2.08 bits per heavy atom. The predicted octanol–water partition coefficient (Wildman–Crippen LogP) is 0.830. The number of morpholine rings is 1. The van der Waals surface area contributed by atoms with Crippen LogP contribution in [0.25, 0.3) is 0 Å². The van der Waals surface area contributed by atoms with Gasteiger partial charge in [-0.1, -0.05) is 30.3 Å². The fourth-order valence-electron chi connectivity index (χ4n) is 3.65. The van der Waals surface area contributed by atoms with Gasteiger partial charge in [-0.05, 0) is 18.1 Å². The summed E-state index contributed by atoms with van der Waals surface area (Å²) >= 11 is 0. The standard InChI is InChI=1S/C19H22N4O3/c1-14-7-20-22(8-14)12-18(24)21-10-16-17(11-21)26-13-19(25)23(16)9-15-5-3-2-4-6-15/h2-8,16-17H,9-13H2,1H3/t16-,17-/m0/s1. The van der Waals surface area contributed by atoms with Crippen LogP contribution in [0.1, 0.15) is 11.1 Å². The maximum atomic E-state index is 12.6. The number of nitrogens with zero attached hydrogens (tertiary/aromatic N) is 4. The summed E-state index contributed by atoms with van der Waals surface area (Å²) < 4.78 is 7.36. The number of rotatable bonds is 4. The highest BCUT2D eigenvalue weighted by Crippen LogP contribution is 2.25. The highest BCUT2D eigenvalue weighted by atomic mass is 16.5. The van der Waals surface area contributed by atoms with Crippen LogP contribution in [0, 0.1) is 6.92 Å². The van der Waals surface area contributed by atoms with Gasteiger partial charge in [0.2, 0.25) is 11.8 Å². The number of hydrogen-bond acceptors (Lipinski definition) is 4. The van der Waals surface area contributed by atoms with E-state index in [1.54, 1.807) is 15.8 Å². The van der Waals surface area contributed by atoms with Crippen molar-refractivity contribution in [2.45, 2.75) is 32.2 Å². The summed E-state index contributed by atoms with van der Waals surface area (Å²) in [7, 11) is 0. The third-order valence-electron chi connectivity index (χ3n) is 4.99.